The summed E-state index contributed by atoms with van der Waals surface area (Å²) in [5.74, 6) is 0.502. The van der Waals surface area contributed by atoms with Crippen LogP contribution >= 0.6 is 11.8 Å². The molecule has 0 aliphatic carbocycles. The molecule has 5 nitrogen and oxygen atoms in total. The van der Waals surface area contributed by atoms with Crippen molar-refractivity contribution in [3.8, 4) is 0 Å². The molecule has 0 unspecified atom stereocenters. The van der Waals surface area contributed by atoms with E-state index < -0.39 is 0 Å². The highest BCUT2D eigenvalue weighted by Gasteiger charge is 2.21. The van der Waals surface area contributed by atoms with Gasteiger partial charge in [0, 0.05) is 18.5 Å². The second-order valence-electron chi connectivity index (χ2n) is 7.79. The molecule has 3 heterocycles. The van der Waals surface area contributed by atoms with Gasteiger partial charge in [-0.2, -0.15) is 0 Å². The van der Waals surface area contributed by atoms with Crippen LogP contribution in [0.1, 0.15) is 11.1 Å². The Bertz CT molecular complexity index is 1460. The second kappa shape index (κ2) is 7.39. The molecule has 31 heavy (non-hydrogen) atoms. The molecular weight excluding hydrogens is 404 g/mol. The smallest absolute Gasteiger partial charge is 0.233 e. The van der Waals surface area contributed by atoms with Crippen molar-refractivity contribution in [2.75, 3.05) is 12.3 Å². The fourth-order valence-corrected chi connectivity index (χ4v) is 5.25. The number of fused-ring (bicyclic) bond motifs is 6. The van der Waals surface area contributed by atoms with Crippen LogP contribution in [0.25, 0.3) is 27.6 Å². The molecule has 0 bridgehead atoms. The third kappa shape index (κ3) is 3.15. The Labute approximate surface area is 183 Å². The molecule has 5 aromatic rings. The van der Waals surface area contributed by atoms with Gasteiger partial charge in [-0.05, 0) is 41.8 Å². The van der Waals surface area contributed by atoms with Crippen LogP contribution in [-0.2, 0) is 17.8 Å². The summed E-state index contributed by atoms with van der Waals surface area (Å²) in [4.78, 5) is 24.7. The minimum absolute atomic E-state index is 0.145. The predicted molar refractivity (Wildman–Crippen MR) is 124 cm³/mol. The summed E-state index contributed by atoms with van der Waals surface area (Å²) in [6.45, 7) is 1.45. The Morgan fingerprint density at radius 2 is 1.61 bits per heavy atom. The molecule has 0 spiro atoms. The zero-order valence-electron chi connectivity index (χ0n) is 16.9. The van der Waals surface area contributed by atoms with Crippen molar-refractivity contribution < 1.29 is 4.79 Å². The van der Waals surface area contributed by atoms with Crippen molar-refractivity contribution in [3.05, 3.63) is 83.9 Å². The fourth-order valence-electron chi connectivity index (χ4n) is 4.34. The number of amides is 1. The predicted octanol–water partition coefficient (Wildman–Crippen LogP) is 4.71. The lowest BCUT2D eigenvalue weighted by Gasteiger charge is -2.28. The summed E-state index contributed by atoms with van der Waals surface area (Å²) in [6.07, 6.45) is 0.914. The molecule has 0 saturated heterocycles. The van der Waals surface area contributed by atoms with Crippen LogP contribution in [0.15, 0.2) is 78.0 Å². The van der Waals surface area contributed by atoms with Gasteiger partial charge in [0.1, 0.15) is 5.65 Å². The van der Waals surface area contributed by atoms with E-state index in [0.717, 1.165) is 45.7 Å². The molecule has 0 N–H and O–H groups in total. The van der Waals surface area contributed by atoms with E-state index in [4.69, 9.17) is 9.97 Å². The maximum absolute atomic E-state index is 13.0. The Balaban J connectivity index is 1.35. The Morgan fingerprint density at radius 3 is 2.52 bits per heavy atom. The first-order chi connectivity index (χ1) is 15.3. The van der Waals surface area contributed by atoms with E-state index in [1.165, 1.54) is 22.9 Å². The van der Waals surface area contributed by atoms with Crippen molar-refractivity contribution in [2.45, 2.75) is 18.1 Å². The van der Waals surface area contributed by atoms with Crippen LogP contribution < -0.4 is 0 Å². The minimum atomic E-state index is 0.145. The van der Waals surface area contributed by atoms with Crippen molar-refractivity contribution in [2.24, 2.45) is 0 Å². The van der Waals surface area contributed by atoms with Gasteiger partial charge in [-0.15, -0.1) is 0 Å². The van der Waals surface area contributed by atoms with Gasteiger partial charge in [0.2, 0.25) is 5.91 Å². The number of imidazole rings is 1. The third-order valence-electron chi connectivity index (χ3n) is 5.92. The Kier molecular flexibility index (Phi) is 4.39. The van der Waals surface area contributed by atoms with Gasteiger partial charge in [0.05, 0.1) is 22.3 Å². The van der Waals surface area contributed by atoms with Crippen molar-refractivity contribution >= 4 is 45.3 Å². The first-order valence-corrected chi connectivity index (χ1v) is 11.4. The number of rotatable bonds is 3. The van der Waals surface area contributed by atoms with Crippen LogP contribution in [0.4, 0.5) is 0 Å². The highest BCUT2D eigenvalue weighted by atomic mass is 32.2. The number of carbonyl (C=O) groups excluding carboxylic acids is 1. The van der Waals surface area contributed by atoms with Gasteiger partial charge in [0.15, 0.2) is 5.16 Å². The average molecular weight is 425 g/mol. The van der Waals surface area contributed by atoms with E-state index in [-0.39, 0.29) is 5.91 Å². The third-order valence-corrected chi connectivity index (χ3v) is 6.84. The van der Waals surface area contributed by atoms with Gasteiger partial charge in [0.25, 0.3) is 0 Å². The zero-order valence-corrected chi connectivity index (χ0v) is 17.7. The van der Waals surface area contributed by atoms with Crippen molar-refractivity contribution in [3.63, 3.8) is 0 Å². The SMILES string of the molecule is O=C(CSc1nc2ccccc2c2nc3ccccc3n12)N1CCc2ccccc2C1. The van der Waals surface area contributed by atoms with Crippen molar-refractivity contribution in [1.29, 1.82) is 0 Å². The van der Waals surface area contributed by atoms with Gasteiger partial charge >= 0.3 is 0 Å². The summed E-state index contributed by atoms with van der Waals surface area (Å²) in [7, 11) is 0. The maximum Gasteiger partial charge on any atom is 0.233 e. The molecule has 2 aromatic heterocycles. The van der Waals surface area contributed by atoms with Crippen LogP contribution in [-0.4, -0.2) is 37.5 Å². The number of hydrogen-bond donors (Lipinski definition) is 0. The van der Waals surface area contributed by atoms with Gasteiger partial charge in [-0.1, -0.05) is 60.3 Å². The molecular formula is C25H20N4OS. The number of para-hydroxylation sites is 3. The largest absolute Gasteiger partial charge is 0.337 e. The van der Waals surface area contributed by atoms with Crippen LogP contribution in [0, 0.1) is 0 Å². The van der Waals surface area contributed by atoms with Crippen LogP contribution in [0.2, 0.25) is 0 Å². The highest BCUT2D eigenvalue weighted by Crippen LogP contribution is 2.29. The Morgan fingerprint density at radius 1 is 0.871 bits per heavy atom. The van der Waals surface area contributed by atoms with E-state index in [1.54, 1.807) is 0 Å². The molecule has 0 atom stereocenters. The lowest BCUT2D eigenvalue weighted by Crippen LogP contribution is -2.37. The Hall–Kier alpha value is -3.38. The summed E-state index contributed by atoms with van der Waals surface area (Å²) in [5, 5.41) is 1.81. The van der Waals surface area contributed by atoms with E-state index in [0.29, 0.717) is 12.3 Å². The summed E-state index contributed by atoms with van der Waals surface area (Å²) in [6, 6.07) is 24.5. The molecule has 3 aromatic carbocycles. The second-order valence-corrected chi connectivity index (χ2v) is 8.74. The summed E-state index contributed by atoms with van der Waals surface area (Å²) < 4.78 is 2.08. The normalized spacial score (nSPS) is 13.7. The molecule has 0 radical (unpaired) electrons. The lowest BCUT2D eigenvalue weighted by atomic mass is 10.00. The van der Waals surface area contributed by atoms with Gasteiger partial charge in [-0.3, -0.25) is 9.20 Å². The first kappa shape index (κ1) is 18.4. The molecule has 0 saturated carbocycles. The molecule has 152 valence electrons. The number of hydrogen-bond acceptors (Lipinski definition) is 4. The topological polar surface area (TPSA) is 50.5 Å². The highest BCUT2D eigenvalue weighted by molar-refractivity contribution is 7.99. The summed E-state index contributed by atoms with van der Waals surface area (Å²) in [5.41, 5.74) is 6.32. The maximum atomic E-state index is 13.0. The van der Waals surface area contributed by atoms with Crippen molar-refractivity contribution in [1.82, 2.24) is 19.3 Å². The number of aromatic nitrogens is 3. The van der Waals surface area contributed by atoms with E-state index in [1.807, 2.05) is 53.4 Å². The van der Waals surface area contributed by atoms with E-state index in [2.05, 4.69) is 28.7 Å². The molecule has 1 aliphatic rings. The summed E-state index contributed by atoms with van der Waals surface area (Å²) >= 11 is 1.49. The number of benzene rings is 3. The van der Waals surface area contributed by atoms with Gasteiger partial charge in [-0.25, -0.2) is 9.97 Å². The van der Waals surface area contributed by atoms with Crippen LogP contribution in [0.5, 0.6) is 0 Å². The van der Waals surface area contributed by atoms with Crippen LogP contribution in [0.3, 0.4) is 0 Å². The molecule has 0 fully saturated rings. The molecule has 1 aliphatic heterocycles. The van der Waals surface area contributed by atoms with Gasteiger partial charge < -0.3 is 4.90 Å². The molecule has 1 amide bonds. The number of carbonyl (C=O) groups is 1. The number of thioether (sulfide) groups is 1. The standard InChI is InChI=1S/C25H20N4OS/c30-23(28-14-13-17-7-1-2-8-18(17)15-28)16-31-25-27-20-10-4-3-9-19(20)24-26-21-11-5-6-12-22(21)29(24)25/h1-12H,13-16H2. The zero-order chi connectivity index (χ0) is 20.8. The average Bonchev–Trinajstić information content (AvgIpc) is 3.22. The minimum Gasteiger partial charge on any atom is -0.337 e. The van der Waals surface area contributed by atoms with E-state index >= 15 is 0 Å². The first-order valence-electron chi connectivity index (χ1n) is 10.4. The quantitative estimate of drug-likeness (QED) is 0.311. The number of nitrogens with zero attached hydrogens (tertiary/aromatic N) is 4. The van der Waals surface area contributed by atoms with E-state index in [9.17, 15) is 4.79 Å². The monoisotopic (exact) mass is 424 g/mol. The molecule has 6 heteroatoms. The lowest BCUT2D eigenvalue weighted by molar-refractivity contribution is -0.129. The fraction of sp³-hybridized carbons (Fsp3) is 0.160. The molecule has 6 rings (SSSR count).